The first kappa shape index (κ1) is 29.8. The summed E-state index contributed by atoms with van der Waals surface area (Å²) in [6.45, 7) is -0.659. The van der Waals surface area contributed by atoms with Gasteiger partial charge < -0.3 is 24.0 Å². The van der Waals surface area contributed by atoms with Crippen LogP contribution < -0.4 is 24.0 Å². The molecule has 216 valence electrons. The van der Waals surface area contributed by atoms with E-state index in [1.807, 2.05) is 53.4 Å². The van der Waals surface area contributed by atoms with Gasteiger partial charge in [-0.05, 0) is 53.1 Å². The molecule has 0 saturated heterocycles. The van der Waals surface area contributed by atoms with E-state index in [0.717, 1.165) is 16.0 Å². The molecular weight excluding hydrogens is 557 g/mol. The van der Waals surface area contributed by atoms with Crippen LogP contribution in [0.25, 0.3) is 0 Å². The monoisotopic (exact) mass is 586 g/mol. The van der Waals surface area contributed by atoms with Crippen LogP contribution in [0.2, 0.25) is 5.15 Å². The lowest BCUT2D eigenvalue weighted by Gasteiger charge is -2.31. The molecule has 7 nitrogen and oxygen atoms in total. The fourth-order valence-electron chi connectivity index (χ4n) is 4.27. The fourth-order valence-corrected chi connectivity index (χ4v) is 4.40. The van der Waals surface area contributed by atoms with Crippen molar-refractivity contribution in [2.24, 2.45) is 0 Å². The summed E-state index contributed by atoms with van der Waals surface area (Å²) >= 11 is 6.22. The Labute approximate surface area is 242 Å². The molecule has 41 heavy (non-hydrogen) atoms. The molecule has 0 N–H and O–H groups in total. The van der Waals surface area contributed by atoms with Gasteiger partial charge in [0.2, 0.25) is 0 Å². The van der Waals surface area contributed by atoms with Gasteiger partial charge in [-0.2, -0.15) is 13.2 Å². The van der Waals surface area contributed by atoms with Gasteiger partial charge >= 0.3 is 6.18 Å². The molecule has 0 unspecified atom stereocenters. The van der Waals surface area contributed by atoms with E-state index in [-0.39, 0.29) is 23.3 Å². The summed E-state index contributed by atoms with van der Waals surface area (Å²) in [6, 6.07) is 21.7. The van der Waals surface area contributed by atoms with Gasteiger partial charge in [0.25, 0.3) is 0 Å². The molecule has 0 saturated carbocycles. The Bertz CT molecular complexity index is 1350. The van der Waals surface area contributed by atoms with Crippen molar-refractivity contribution < 1.29 is 27.4 Å². The molecule has 0 amide bonds. The second-order valence-corrected chi connectivity index (χ2v) is 9.60. The molecule has 1 aromatic heterocycles. The first-order chi connectivity index (χ1) is 19.7. The number of rotatable bonds is 12. The number of hydrogen-bond acceptors (Lipinski definition) is 7. The zero-order chi connectivity index (χ0) is 29.4. The predicted molar refractivity (Wildman–Crippen MR) is 153 cm³/mol. The Hall–Kier alpha value is -4.18. The van der Waals surface area contributed by atoms with Gasteiger partial charge in [-0.3, -0.25) is 0 Å². The van der Waals surface area contributed by atoms with Gasteiger partial charge in [-0.25, -0.2) is 9.97 Å². The summed E-state index contributed by atoms with van der Waals surface area (Å²) in [5.74, 6) is 2.27. The first-order valence-corrected chi connectivity index (χ1v) is 13.0. The highest BCUT2D eigenvalue weighted by molar-refractivity contribution is 6.29. The van der Waals surface area contributed by atoms with E-state index in [1.165, 1.54) is 13.3 Å². The number of nitrogens with zero attached hydrogens (tertiary/aromatic N) is 4. The molecule has 3 aromatic carbocycles. The fraction of sp³-hybridized carbons (Fsp3) is 0.267. The third-order valence-electron chi connectivity index (χ3n) is 6.27. The molecule has 0 fully saturated rings. The standard InChI is InChI=1S/C30H30ClF3N4O3/c1-39-24-10-4-21(5-11-24)17-37(18-22-6-12-25(40-2)13-7-22)28-29(36-27(31)16-35-28)38(20-30(32,33)34)19-23-8-14-26(41-3)15-9-23/h4-16H,17-20H2,1-3H3. The third kappa shape index (κ3) is 8.40. The van der Waals surface area contributed by atoms with E-state index in [9.17, 15) is 13.2 Å². The number of alkyl halides is 3. The Morgan fingerprint density at radius 1 is 0.634 bits per heavy atom. The molecule has 0 aliphatic carbocycles. The van der Waals surface area contributed by atoms with Gasteiger partial charge in [0.1, 0.15) is 28.9 Å². The van der Waals surface area contributed by atoms with E-state index in [0.29, 0.717) is 35.9 Å². The lowest BCUT2D eigenvalue weighted by atomic mass is 10.1. The van der Waals surface area contributed by atoms with Crippen molar-refractivity contribution in [2.45, 2.75) is 25.8 Å². The van der Waals surface area contributed by atoms with Crippen LogP contribution in [0.5, 0.6) is 17.2 Å². The summed E-state index contributed by atoms with van der Waals surface area (Å²) in [5, 5.41) is -0.0144. The van der Waals surface area contributed by atoms with Crippen molar-refractivity contribution in [3.63, 3.8) is 0 Å². The Balaban J connectivity index is 1.77. The van der Waals surface area contributed by atoms with Crippen LogP contribution in [-0.2, 0) is 19.6 Å². The SMILES string of the molecule is COc1ccc(CN(Cc2ccc(OC)cc2)c2ncc(Cl)nc2N(Cc2ccc(OC)cc2)CC(F)(F)F)cc1. The van der Waals surface area contributed by atoms with Gasteiger partial charge in [0.15, 0.2) is 11.6 Å². The van der Waals surface area contributed by atoms with Crippen molar-refractivity contribution in [1.29, 1.82) is 0 Å². The van der Waals surface area contributed by atoms with E-state index in [1.54, 1.807) is 38.5 Å². The van der Waals surface area contributed by atoms with Crippen LogP contribution in [0.1, 0.15) is 16.7 Å². The third-order valence-corrected chi connectivity index (χ3v) is 6.45. The highest BCUT2D eigenvalue weighted by atomic mass is 35.5. The van der Waals surface area contributed by atoms with E-state index in [2.05, 4.69) is 9.97 Å². The van der Waals surface area contributed by atoms with E-state index >= 15 is 0 Å². The van der Waals surface area contributed by atoms with Gasteiger partial charge in [0, 0.05) is 19.6 Å². The first-order valence-electron chi connectivity index (χ1n) is 12.7. The van der Waals surface area contributed by atoms with Crippen LogP contribution in [-0.4, -0.2) is 44.0 Å². The molecule has 4 aromatic rings. The van der Waals surface area contributed by atoms with Crippen LogP contribution in [0, 0.1) is 0 Å². The molecular formula is C30H30ClF3N4O3. The summed E-state index contributed by atoms with van der Waals surface area (Å²) in [7, 11) is 4.69. The van der Waals surface area contributed by atoms with Gasteiger partial charge in [0.05, 0.1) is 27.5 Å². The largest absolute Gasteiger partial charge is 0.497 e. The Kier molecular flexibility index (Phi) is 9.78. The summed E-state index contributed by atoms with van der Waals surface area (Å²) in [6.07, 6.45) is -3.17. The highest BCUT2D eigenvalue weighted by Gasteiger charge is 2.33. The number of hydrogen-bond donors (Lipinski definition) is 0. The molecule has 0 radical (unpaired) electrons. The minimum Gasteiger partial charge on any atom is -0.497 e. The molecule has 0 atom stereocenters. The number of halogens is 4. The van der Waals surface area contributed by atoms with Crippen LogP contribution in [0.4, 0.5) is 24.8 Å². The molecule has 0 spiro atoms. The van der Waals surface area contributed by atoms with Crippen molar-refractivity contribution in [3.8, 4) is 17.2 Å². The molecule has 0 aliphatic rings. The summed E-state index contributed by atoms with van der Waals surface area (Å²) < 4.78 is 57.4. The van der Waals surface area contributed by atoms with Crippen LogP contribution in [0.15, 0.2) is 79.0 Å². The minimum absolute atomic E-state index is 0.0144. The number of benzene rings is 3. The topological polar surface area (TPSA) is 60.0 Å². The minimum atomic E-state index is -4.51. The maximum atomic E-state index is 13.9. The smallest absolute Gasteiger partial charge is 0.405 e. The lowest BCUT2D eigenvalue weighted by Crippen LogP contribution is -2.36. The van der Waals surface area contributed by atoms with Crippen LogP contribution in [0.3, 0.4) is 0 Å². The number of methoxy groups -OCH3 is 3. The van der Waals surface area contributed by atoms with Crippen molar-refractivity contribution in [2.75, 3.05) is 37.7 Å². The lowest BCUT2D eigenvalue weighted by molar-refractivity contribution is -0.120. The molecule has 0 aliphatic heterocycles. The van der Waals surface area contributed by atoms with E-state index in [4.69, 9.17) is 25.8 Å². The molecule has 1 heterocycles. The number of ether oxygens (including phenoxy) is 3. The van der Waals surface area contributed by atoms with Crippen molar-refractivity contribution in [3.05, 3.63) is 101 Å². The second-order valence-electron chi connectivity index (χ2n) is 9.21. The maximum Gasteiger partial charge on any atom is 0.405 e. The summed E-state index contributed by atoms with van der Waals surface area (Å²) in [4.78, 5) is 11.9. The average molecular weight is 587 g/mol. The zero-order valence-corrected chi connectivity index (χ0v) is 23.6. The Morgan fingerprint density at radius 2 is 1.02 bits per heavy atom. The van der Waals surface area contributed by atoms with Gasteiger partial charge in [-0.15, -0.1) is 0 Å². The van der Waals surface area contributed by atoms with Crippen molar-refractivity contribution in [1.82, 2.24) is 9.97 Å². The van der Waals surface area contributed by atoms with Crippen LogP contribution >= 0.6 is 11.6 Å². The second kappa shape index (κ2) is 13.5. The average Bonchev–Trinajstić information content (AvgIpc) is 2.97. The maximum absolute atomic E-state index is 13.9. The quantitative estimate of drug-likeness (QED) is 0.178. The van der Waals surface area contributed by atoms with E-state index < -0.39 is 12.7 Å². The van der Waals surface area contributed by atoms with Crippen molar-refractivity contribution >= 4 is 23.2 Å². The number of anilines is 2. The summed E-state index contributed by atoms with van der Waals surface area (Å²) in [5.41, 5.74) is 2.44. The van der Waals surface area contributed by atoms with Gasteiger partial charge in [-0.1, -0.05) is 48.0 Å². The molecule has 4 rings (SSSR count). The molecule has 0 bridgehead atoms. The normalized spacial score (nSPS) is 11.2. The highest BCUT2D eigenvalue weighted by Crippen LogP contribution is 2.33. The molecule has 11 heteroatoms. The Morgan fingerprint density at radius 3 is 1.39 bits per heavy atom. The predicted octanol–water partition coefficient (Wildman–Crippen LogP) is 6.93. The zero-order valence-electron chi connectivity index (χ0n) is 22.9. The number of aromatic nitrogens is 2.